The molecule has 2 aromatic rings. The topological polar surface area (TPSA) is 12.0 Å². The number of hydrogen-bond donors (Lipinski definition) is 1. The molecule has 0 atom stereocenters. The molecule has 0 saturated carbocycles. The second kappa shape index (κ2) is 4.37. The molecule has 2 rings (SSSR count). The van der Waals surface area contributed by atoms with Gasteiger partial charge in [-0.15, -0.1) is 6.42 Å². The SMILES string of the molecule is C#CCNc1ccc2cc(Br)ccc2c1. The first-order valence-electron chi connectivity index (χ1n) is 4.66. The Morgan fingerprint density at radius 3 is 2.67 bits per heavy atom. The zero-order chi connectivity index (χ0) is 10.7. The summed E-state index contributed by atoms with van der Waals surface area (Å²) in [6, 6.07) is 12.4. The molecule has 0 aromatic heterocycles. The standard InChI is InChI=1S/C13H10BrN/c1-2-7-15-13-6-4-10-8-12(14)5-3-11(10)9-13/h1,3-6,8-9,15H,7H2. The molecule has 0 amide bonds. The molecular formula is C13H10BrN. The van der Waals surface area contributed by atoms with E-state index in [2.05, 4.69) is 51.4 Å². The van der Waals surface area contributed by atoms with E-state index in [0.29, 0.717) is 6.54 Å². The zero-order valence-corrected chi connectivity index (χ0v) is 9.71. The van der Waals surface area contributed by atoms with Gasteiger partial charge in [0, 0.05) is 10.2 Å². The van der Waals surface area contributed by atoms with Crippen molar-refractivity contribution in [3.8, 4) is 12.3 Å². The van der Waals surface area contributed by atoms with Crippen LogP contribution in [0.15, 0.2) is 40.9 Å². The number of hydrogen-bond acceptors (Lipinski definition) is 1. The Morgan fingerprint density at radius 2 is 1.87 bits per heavy atom. The summed E-state index contributed by atoms with van der Waals surface area (Å²) in [7, 11) is 0. The molecule has 0 saturated heterocycles. The van der Waals surface area contributed by atoms with E-state index in [1.807, 2.05) is 12.1 Å². The molecule has 2 heteroatoms. The summed E-state index contributed by atoms with van der Waals surface area (Å²) in [5, 5.41) is 5.58. The van der Waals surface area contributed by atoms with Crippen LogP contribution in [-0.4, -0.2) is 6.54 Å². The number of nitrogens with one attached hydrogen (secondary N) is 1. The summed E-state index contributed by atoms with van der Waals surface area (Å²) in [5.74, 6) is 2.55. The Balaban J connectivity index is 2.40. The Morgan fingerprint density at radius 1 is 1.13 bits per heavy atom. The third-order valence-corrected chi connectivity index (χ3v) is 2.69. The van der Waals surface area contributed by atoms with Gasteiger partial charge >= 0.3 is 0 Å². The Hall–Kier alpha value is -1.46. The van der Waals surface area contributed by atoms with E-state index in [0.717, 1.165) is 10.2 Å². The average Bonchev–Trinajstić information content (AvgIpc) is 2.26. The van der Waals surface area contributed by atoms with Crippen molar-refractivity contribution >= 4 is 32.4 Å². The van der Waals surface area contributed by atoms with E-state index < -0.39 is 0 Å². The highest BCUT2D eigenvalue weighted by molar-refractivity contribution is 9.10. The number of halogens is 1. The van der Waals surface area contributed by atoms with Gasteiger partial charge in [-0.3, -0.25) is 0 Å². The quantitative estimate of drug-likeness (QED) is 0.813. The minimum Gasteiger partial charge on any atom is -0.374 e. The average molecular weight is 260 g/mol. The van der Waals surface area contributed by atoms with Crippen LogP contribution in [0.1, 0.15) is 0 Å². The van der Waals surface area contributed by atoms with Crippen molar-refractivity contribution in [1.82, 2.24) is 0 Å². The van der Waals surface area contributed by atoms with Gasteiger partial charge < -0.3 is 5.32 Å². The van der Waals surface area contributed by atoms with E-state index in [-0.39, 0.29) is 0 Å². The zero-order valence-electron chi connectivity index (χ0n) is 8.13. The summed E-state index contributed by atoms with van der Waals surface area (Å²) >= 11 is 3.45. The van der Waals surface area contributed by atoms with E-state index in [9.17, 15) is 0 Å². The van der Waals surface area contributed by atoms with Gasteiger partial charge in [0.15, 0.2) is 0 Å². The third kappa shape index (κ3) is 2.31. The van der Waals surface area contributed by atoms with Crippen molar-refractivity contribution in [2.75, 3.05) is 11.9 Å². The Labute approximate surface area is 97.6 Å². The molecule has 0 radical (unpaired) electrons. The van der Waals surface area contributed by atoms with Crippen molar-refractivity contribution in [2.45, 2.75) is 0 Å². The van der Waals surface area contributed by atoms with Crippen LogP contribution in [0.4, 0.5) is 5.69 Å². The maximum absolute atomic E-state index is 5.19. The van der Waals surface area contributed by atoms with Gasteiger partial charge in [0.25, 0.3) is 0 Å². The van der Waals surface area contributed by atoms with E-state index in [4.69, 9.17) is 6.42 Å². The largest absolute Gasteiger partial charge is 0.374 e. The second-order valence-electron chi connectivity index (χ2n) is 3.26. The molecule has 74 valence electrons. The van der Waals surface area contributed by atoms with Gasteiger partial charge in [-0.1, -0.05) is 34.0 Å². The monoisotopic (exact) mass is 259 g/mol. The molecule has 0 unspecified atom stereocenters. The van der Waals surface area contributed by atoms with Crippen molar-refractivity contribution in [2.24, 2.45) is 0 Å². The summed E-state index contributed by atoms with van der Waals surface area (Å²) in [4.78, 5) is 0. The smallest absolute Gasteiger partial charge is 0.0763 e. The molecule has 2 aromatic carbocycles. The predicted molar refractivity (Wildman–Crippen MR) is 69.0 cm³/mol. The summed E-state index contributed by atoms with van der Waals surface area (Å²) in [6.45, 7) is 0.558. The fraction of sp³-hybridized carbons (Fsp3) is 0.0769. The van der Waals surface area contributed by atoms with Crippen LogP contribution in [0.3, 0.4) is 0 Å². The molecular weight excluding hydrogens is 250 g/mol. The van der Waals surface area contributed by atoms with Gasteiger partial charge in [0.2, 0.25) is 0 Å². The number of fused-ring (bicyclic) bond motifs is 1. The second-order valence-corrected chi connectivity index (χ2v) is 4.18. The number of anilines is 1. The lowest BCUT2D eigenvalue weighted by molar-refractivity contribution is 1.39. The van der Waals surface area contributed by atoms with Crippen LogP contribution in [0.25, 0.3) is 10.8 Å². The fourth-order valence-corrected chi connectivity index (χ4v) is 1.86. The van der Waals surface area contributed by atoms with E-state index >= 15 is 0 Å². The summed E-state index contributed by atoms with van der Waals surface area (Å²) < 4.78 is 1.10. The number of benzene rings is 2. The number of rotatable bonds is 2. The molecule has 0 spiro atoms. The Bertz CT molecular complexity index is 526. The molecule has 1 nitrogen and oxygen atoms in total. The first-order chi connectivity index (χ1) is 7.29. The minimum atomic E-state index is 0.558. The first kappa shape index (κ1) is 10.1. The molecule has 0 aliphatic carbocycles. The molecule has 0 aliphatic rings. The van der Waals surface area contributed by atoms with E-state index in [1.165, 1.54) is 10.8 Å². The third-order valence-electron chi connectivity index (χ3n) is 2.20. The summed E-state index contributed by atoms with van der Waals surface area (Å²) in [5.41, 5.74) is 1.06. The summed E-state index contributed by atoms with van der Waals surface area (Å²) in [6.07, 6.45) is 5.19. The van der Waals surface area contributed by atoms with Crippen LogP contribution in [0.5, 0.6) is 0 Å². The Kier molecular flexibility index (Phi) is 2.94. The molecule has 0 aliphatic heterocycles. The van der Waals surface area contributed by atoms with Crippen molar-refractivity contribution in [3.05, 3.63) is 40.9 Å². The molecule has 1 N–H and O–H groups in total. The van der Waals surface area contributed by atoms with Gasteiger partial charge in [-0.25, -0.2) is 0 Å². The highest BCUT2D eigenvalue weighted by Crippen LogP contribution is 2.22. The lowest BCUT2D eigenvalue weighted by Gasteiger charge is -2.04. The van der Waals surface area contributed by atoms with Crippen LogP contribution < -0.4 is 5.32 Å². The molecule has 0 fully saturated rings. The van der Waals surface area contributed by atoms with Crippen LogP contribution in [0, 0.1) is 12.3 Å². The van der Waals surface area contributed by atoms with Crippen molar-refractivity contribution in [3.63, 3.8) is 0 Å². The van der Waals surface area contributed by atoms with Crippen LogP contribution in [0.2, 0.25) is 0 Å². The van der Waals surface area contributed by atoms with Crippen molar-refractivity contribution < 1.29 is 0 Å². The highest BCUT2D eigenvalue weighted by Gasteiger charge is 1.96. The first-order valence-corrected chi connectivity index (χ1v) is 5.45. The highest BCUT2D eigenvalue weighted by atomic mass is 79.9. The molecule has 15 heavy (non-hydrogen) atoms. The van der Waals surface area contributed by atoms with Gasteiger partial charge in [0.05, 0.1) is 6.54 Å². The van der Waals surface area contributed by atoms with Crippen LogP contribution in [-0.2, 0) is 0 Å². The lowest BCUT2D eigenvalue weighted by atomic mass is 10.1. The normalized spacial score (nSPS) is 9.87. The lowest BCUT2D eigenvalue weighted by Crippen LogP contribution is -1.97. The molecule has 0 heterocycles. The van der Waals surface area contributed by atoms with Gasteiger partial charge in [-0.2, -0.15) is 0 Å². The van der Waals surface area contributed by atoms with E-state index in [1.54, 1.807) is 0 Å². The predicted octanol–water partition coefficient (Wildman–Crippen LogP) is 3.65. The maximum Gasteiger partial charge on any atom is 0.0763 e. The van der Waals surface area contributed by atoms with Gasteiger partial charge in [-0.05, 0) is 35.0 Å². The molecule has 0 bridgehead atoms. The van der Waals surface area contributed by atoms with Gasteiger partial charge in [0.1, 0.15) is 0 Å². The number of terminal acetylenes is 1. The minimum absolute atomic E-state index is 0.558. The van der Waals surface area contributed by atoms with Crippen molar-refractivity contribution in [1.29, 1.82) is 0 Å². The van der Waals surface area contributed by atoms with Crippen LogP contribution >= 0.6 is 15.9 Å². The maximum atomic E-state index is 5.19. The fourth-order valence-electron chi connectivity index (χ4n) is 1.48.